The molecule has 3 heteroatoms. The first-order valence-corrected chi connectivity index (χ1v) is 4.99. The fourth-order valence-electron chi connectivity index (χ4n) is 1.86. The predicted molar refractivity (Wildman–Crippen MR) is 49.4 cm³/mol. The summed E-state index contributed by atoms with van der Waals surface area (Å²) in [5, 5.41) is 8.91. The summed E-state index contributed by atoms with van der Waals surface area (Å²) in [6, 6.07) is 0. The van der Waals surface area contributed by atoms with Gasteiger partial charge in [-0.1, -0.05) is 0 Å². The van der Waals surface area contributed by atoms with Gasteiger partial charge in [0.1, 0.15) is 12.9 Å². The number of hydrogen-bond acceptors (Lipinski definition) is 3. The minimum atomic E-state index is 0.222. The fraction of sp³-hybridized carbons (Fsp3) is 0.900. The molecule has 1 aliphatic rings. The molecule has 0 unspecified atom stereocenters. The van der Waals surface area contributed by atoms with Crippen LogP contribution in [0.1, 0.15) is 25.7 Å². The van der Waals surface area contributed by atoms with Crippen LogP contribution in [0.25, 0.3) is 0 Å². The lowest BCUT2D eigenvalue weighted by Gasteiger charge is -2.26. The average Bonchev–Trinajstić information content (AvgIpc) is 2.19. The number of carbonyl (C=O) groups is 1. The maximum atomic E-state index is 9.99. The van der Waals surface area contributed by atoms with Crippen molar-refractivity contribution in [3.05, 3.63) is 0 Å². The van der Waals surface area contributed by atoms with Crippen LogP contribution in [0, 0.1) is 11.8 Å². The van der Waals surface area contributed by atoms with Gasteiger partial charge in [0.25, 0.3) is 0 Å². The van der Waals surface area contributed by atoms with Crippen molar-refractivity contribution in [1.29, 1.82) is 0 Å². The Kier molecular flexibility index (Phi) is 5.01. The highest BCUT2D eigenvalue weighted by Crippen LogP contribution is 2.28. The molecule has 0 saturated heterocycles. The Labute approximate surface area is 79.1 Å². The second-order valence-corrected chi connectivity index (χ2v) is 3.77. The Hall–Kier alpha value is -0.410. The van der Waals surface area contributed by atoms with Crippen molar-refractivity contribution < 1.29 is 14.6 Å². The molecule has 0 radical (unpaired) electrons. The van der Waals surface area contributed by atoms with E-state index >= 15 is 0 Å². The van der Waals surface area contributed by atoms with Gasteiger partial charge in [-0.3, -0.25) is 0 Å². The van der Waals surface area contributed by atoms with Crippen LogP contribution in [0.15, 0.2) is 0 Å². The Balaban J connectivity index is 2.06. The Bertz CT molecular complexity index is 139. The number of rotatable bonds is 5. The molecule has 0 spiro atoms. The monoisotopic (exact) mass is 186 g/mol. The van der Waals surface area contributed by atoms with Crippen LogP contribution >= 0.6 is 0 Å². The van der Waals surface area contributed by atoms with Gasteiger partial charge in [-0.15, -0.1) is 0 Å². The van der Waals surface area contributed by atoms with Crippen LogP contribution in [0.2, 0.25) is 0 Å². The molecule has 13 heavy (non-hydrogen) atoms. The summed E-state index contributed by atoms with van der Waals surface area (Å²) < 4.78 is 5.16. The number of ether oxygens (including phenoxy) is 1. The molecule has 0 bridgehead atoms. The molecule has 0 aromatic heterocycles. The predicted octanol–water partition coefficient (Wildman–Crippen LogP) is 1.00. The second-order valence-electron chi connectivity index (χ2n) is 3.77. The molecule has 0 aliphatic heterocycles. The van der Waals surface area contributed by atoms with E-state index in [9.17, 15) is 4.79 Å². The van der Waals surface area contributed by atoms with Crippen LogP contribution in [0.4, 0.5) is 0 Å². The van der Waals surface area contributed by atoms with E-state index in [4.69, 9.17) is 9.84 Å². The van der Waals surface area contributed by atoms with E-state index in [1.54, 1.807) is 0 Å². The number of hydrogen-bond donors (Lipinski definition) is 1. The summed E-state index contributed by atoms with van der Waals surface area (Å²) in [6.45, 7) is 1.25. The minimum absolute atomic E-state index is 0.222. The molecular weight excluding hydrogens is 168 g/mol. The van der Waals surface area contributed by atoms with Crippen molar-refractivity contribution in [2.24, 2.45) is 11.8 Å². The molecule has 0 aromatic carbocycles. The fourth-order valence-corrected chi connectivity index (χ4v) is 1.86. The van der Waals surface area contributed by atoms with Gasteiger partial charge in [0, 0.05) is 13.2 Å². The molecule has 1 N–H and O–H groups in total. The van der Waals surface area contributed by atoms with Gasteiger partial charge >= 0.3 is 0 Å². The van der Waals surface area contributed by atoms with E-state index in [2.05, 4.69) is 0 Å². The molecule has 76 valence electrons. The van der Waals surface area contributed by atoms with Gasteiger partial charge in [0.05, 0.1) is 0 Å². The van der Waals surface area contributed by atoms with Crippen molar-refractivity contribution >= 4 is 6.29 Å². The summed E-state index contributed by atoms with van der Waals surface area (Å²) in [5.41, 5.74) is 0. The Morgan fingerprint density at radius 3 is 2.38 bits per heavy atom. The molecule has 0 atom stereocenters. The van der Waals surface area contributed by atoms with Gasteiger partial charge in [-0.2, -0.15) is 0 Å². The highest BCUT2D eigenvalue weighted by atomic mass is 16.5. The van der Waals surface area contributed by atoms with Crippen LogP contribution in [-0.4, -0.2) is 31.2 Å². The molecule has 1 rings (SSSR count). The summed E-state index contributed by atoms with van der Waals surface area (Å²) in [6.07, 6.45) is 5.25. The molecule has 3 nitrogen and oxygen atoms in total. The molecule has 0 amide bonds. The van der Waals surface area contributed by atoms with Crippen LogP contribution < -0.4 is 0 Å². The molecule has 0 heterocycles. The summed E-state index contributed by atoms with van der Waals surface area (Å²) in [7, 11) is 0. The third-order valence-corrected chi connectivity index (χ3v) is 2.76. The van der Waals surface area contributed by atoms with E-state index in [0.717, 1.165) is 32.0 Å². The summed E-state index contributed by atoms with van der Waals surface area (Å²) in [5.74, 6) is 1.10. The normalized spacial score (nSPS) is 28.7. The van der Waals surface area contributed by atoms with Gasteiger partial charge < -0.3 is 14.6 Å². The zero-order valence-corrected chi connectivity index (χ0v) is 7.95. The average molecular weight is 186 g/mol. The van der Waals surface area contributed by atoms with Gasteiger partial charge in [-0.05, 0) is 37.5 Å². The van der Waals surface area contributed by atoms with Crippen molar-refractivity contribution in [3.8, 4) is 0 Å². The third-order valence-electron chi connectivity index (χ3n) is 2.76. The first-order chi connectivity index (χ1) is 6.36. The van der Waals surface area contributed by atoms with Gasteiger partial charge in [-0.25, -0.2) is 0 Å². The number of aliphatic hydroxyl groups excluding tert-OH is 1. The SMILES string of the molecule is O=CCOCC1CCC(CO)CC1. The minimum Gasteiger partial charge on any atom is -0.396 e. The van der Waals surface area contributed by atoms with Crippen molar-refractivity contribution in [2.75, 3.05) is 19.8 Å². The lowest BCUT2D eigenvalue weighted by molar-refractivity contribution is -0.112. The zero-order valence-electron chi connectivity index (χ0n) is 7.95. The smallest absolute Gasteiger partial charge is 0.145 e. The maximum absolute atomic E-state index is 9.99. The number of aldehydes is 1. The van der Waals surface area contributed by atoms with E-state index < -0.39 is 0 Å². The van der Waals surface area contributed by atoms with Crippen LogP contribution in [0.3, 0.4) is 0 Å². The second kappa shape index (κ2) is 6.11. The van der Waals surface area contributed by atoms with E-state index in [1.165, 1.54) is 0 Å². The Morgan fingerprint density at radius 2 is 1.85 bits per heavy atom. The number of carbonyl (C=O) groups excluding carboxylic acids is 1. The van der Waals surface area contributed by atoms with E-state index in [-0.39, 0.29) is 6.61 Å². The molecule has 1 aliphatic carbocycles. The standard InChI is InChI=1S/C10H18O3/c11-5-6-13-8-10-3-1-9(7-12)2-4-10/h5,9-10,12H,1-4,6-8H2. The molecule has 0 aromatic rings. The third kappa shape index (κ3) is 3.87. The first kappa shape index (κ1) is 10.7. The lowest BCUT2D eigenvalue weighted by atomic mass is 9.83. The maximum Gasteiger partial charge on any atom is 0.145 e. The van der Waals surface area contributed by atoms with Crippen molar-refractivity contribution in [1.82, 2.24) is 0 Å². The number of aliphatic hydroxyl groups is 1. The van der Waals surface area contributed by atoms with Gasteiger partial charge in [0.15, 0.2) is 0 Å². The van der Waals surface area contributed by atoms with Gasteiger partial charge in [0.2, 0.25) is 0 Å². The largest absolute Gasteiger partial charge is 0.396 e. The summed E-state index contributed by atoms with van der Waals surface area (Å²) in [4.78, 5) is 9.99. The van der Waals surface area contributed by atoms with Crippen LogP contribution in [-0.2, 0) is 9.53 Å². The quantitative estimate of drug-likeness (QED) is 0.514. The first-order valence-electron chi connectivity index (χ1n) is 4.99. The molecule has 1 saturated carbocycles. The molecular formula is C10H18O3. The lowest BCUT2D eigenvalue weighted by Crippen LogP contribution is -2.20. The van der Waals surface area contributed by atoms with Crippen LogP contribution in [0.5, 0.6) is 0 Å². The Morgan fingerprint density at radius 1 is 1.23 bits per heavy atom. The highest BCUT2D eigenvalue weighted by Gasteiger charge is 2.20. The molecule has 1 fully saturated rings. The zero-order chi connectivity index (χ0) is 9.52. The summed E-state index contributed by atoms with van der Waals surface area (Å²) >= 11 is 0. The topological polar surface area (TPSA) is 46.5 Å². The van der Waals surface area contributed by atoms with Crippen molar-refractivity contribution in [2.45, 2.75) is 25.7 Å². The highest BCUT2D eigenvalue weighted by molar-refractivity contribution is 5.50. The van der Waals surface area contributed by atoms with Crippen molar-refractivity contribution in [3.63, 3.8) is 0 Å². The van der Waals surface area contributed by atoms with E-state index in [0.29, 0.717) is 25.0 Å². The van der Waals surface area contributed by atoms with E-state index in [1.807, 2.05) is 0 Å².